The summed E-state index contributed by atoms with van der Waals surface area (Å²) < 4.78 is 24.4. The van der Waals surface area contributed by atoms with Crippen LogP contribution in [0.25, 0.3) is 10.9 Å². The number of sulfonamides is 1. The van der Waals surface area contributed by atoms with Crippen LogP contribution >= 0.6 is 0 Å². The van der Waals surface area contributed by atoms with Crippen LogP contribution in [0, 0.1) is 6.92 Å². The van der Waals surface area contributed by atoms with E-state index in [0.29, 0.717) is 5.56 Å². The predicted molar refractivity (Wildman–Crippen MR) is 87.4 cm³/mol. The molecule has 0 atom stereocenters. The molecule has 2 aromatic carbocycles. The molecule has 0 unspecified atom stereocenters. The maximum Gasteiger partial charge on any atom is 0.276 e. The Morgan fingerprint density at radius 3 is 2.64 bits per heavy atom. The van der Waals surface area contributed by atoms with Crippen LogP contribution in [0.1, 0.15) is 11.1 Å². The minimum atomic E-state index is -3.66. The van der Waals surface area contributed by atoms with Crippen molar-refractivity contribution in [1.82, 2.24) is 9.82 Å². The molecule has 1 heterocycles. The SMILES string of the molecule is Cc1ccccc1S(=O)(=O)NN=Cc1c[nH]c2ccccc12. The summed E-state index contributed by atoms with van der Waals surface area (Å²) in [6, 6.07) is 14.5. The third-order valence-electron chi connectivity index (χ3n) is 3.38. The third-order valence-corrected chi connectivity index (χ3v) is 4.76. The molecule has 0 aliphatic rings. The fourth-order valence-electron chi connectivity index (χ4n) is 2.27. The topological polar surface area (TPSA) is 74.3 Å². The minimum Gasteiger partial charge on any atom is -0.361 e. The van der Waals surface area contributed by atoms with Gasteiger partial charge in [0.2, 0.25) is 0 Å². The van der Waals surface area contributed by atoms with Gasteiger partial charge in [0.25, 0.3) is 10.0 Å². The lowest BCUT2D eigenvalue weighted by atomic mass is 10.2. The van der Waals surface area contributed by atoms with Gasteiger partial charge in [-0.25, -0.2) is 4.83 Å². The lowest BCUT2D eigenvalue weighted by molar-refractivity contribution is 0.584. The number of fused-ring (bicyclic) bond motifs is 1. The first-order valence-corrected chi connectivity index (χ1v) is 8.23. The van der Waals surface area contributed by atoms with E-state index in [1.807, 2.05) is 24.3 Å². The lowest BCUT2D eigenvalue weighted by Gasteiger charge is -2.05. The summed E-state index contributed by atoms with van der Waals surface area (Å²) in [6.07, 6.45) is 3.28. The highest BCUT2D eigenvalue weighted by molar-refractivity contribution is 7.89. The number of para-hydroxylation sites is 1. The summed E-state index contributed by atoms with van der Waals surface area (Å²) in [7, 11) is -3.66. The molecule has 3 aromatic rings. The molecular formula is C16H15N3O2S. The fourth-order valence-corrected chi connectivity index (χ4v) is 3.31. The largest absolute Gasteiger partial charge is 0.361 e. The molecule has 0 saturated carbocycles. The van der Waals surface area contributed by atoms with Gasteiger partial charge >= 0.3 is 0 Å². The smallest absolute Gasteiger partial charge is 0.276 e. The maximum atomic E-state index is 12.2. The van der Waals surface area contributed by atoms with Crippen molar-refractivity contribution in [2.75, 3.05) is 0 Å². The number of aromatic nitrogens is 1. The molecule has 0 amide bonds. The summed E-state index contributed by atoms with van der Waals surface area (Å²) in [5, 5.41) is 4.86. The van der Waals surface area contributed by atoms with Crippen molar-refractivity contribution in [3.63, 3.8) is 0 Å². The van der Waals surface area contributed by atoms with Gasteiger partial charge in [-0.15, -0.1) is 0 Å². The summed E-state index contributed by atoms with van der Waals surface area (Å²) >= 11 is 0. The van der Waals surface area contributed by atoms with Crippen molar-refractivity contribution in [2.45, 2.75) is 11.8 Å². The van der Waals surface area contributed by atoms with Gasteiger partial charge in [-0.05, 0) is 24.6 Å². The first-order valence-electron chi connectivity index (χ1n) is 6.74. The molecule has 0 aliphatic carbocycles. The molecule has 112 valence electrons. The quantitative estimate of drug-likeness (QED) is 0.574. The summed E-state index contributed by atoms with van der Waals surface area (Å²) in [5.74, 6) is 0. The number of hydrogen-bond acceptors (Lipinski definition) is 3. The van der Waals surface area contributed by atoms with Crippen LogP contribution in [0.5, 0.6) is 0 Å². The van der Waals surface area contributed by atoms with Crippen LogP contribution in [0.15, 0.2) is 64.7 Å². The van der Waals surface area contributed by atoms with Gasteiger partial charge in [0, 0.05) is 22.7 Å². The number of hydrogen-bond donors (Lipinski definition) is 2. The van der Waals surface area contributed by atoms with E-state index in [4.69, 9.17) is 0 Å². The molecule has 2 N–H and O–H groups in total. The van der Waals surface area contributed by atoms with Crippen LogP contribution in [0.2, 0.25) is 0 Å². The second-order valence-electron chi connectivity index (χ2n) is 4.91. The molecule has 3 rings (SSSR count). The fraction of sp³-hybridized carbons (Fsp3) is 0.0625. The second kappa shape index (κ2) is 5.65. The van der Waals surface area contributed by atoms with Gasteiger partial charge in [0.05, 0.1) is 11.1 Å². The molecule has 0 radical (unpaired) electrons. The van der Waals surface area contributed by atoms with Gasteiger partial charge < -0.3 is 4.98 Å². The number of nitrogens with one attached hydrogen (secondary N) is 2. The van der Waals surface area contributed by atoms with Gasteiger partial charge in [-0.2, -0.15) is 13.5 Å². The molecule has 0 spiro atoms. The molecule has 1 aromatic heterocycles. The van der Waals surface area contributed by atoms with E-state index in [9.17, 15) is 8.42 Å². The Labute approximate surface area is 128 Å². The van der Waals surface area contributed by atoms with E-state index in [1.54, 1.807) is 37.4 Å². The summed E-state index contributed by atoms with van der Waals surface area (Å²) in [4.78, 5) is 5.58. The first-order chi connectivity index (χ1) is 10.6. The molecule has 5 nitrogen and oxygen atoms in total. The highest BCUT2D eigenvalue weighted by atomic mass is 32.2. The number of benzene rings is 2. The van der Waals surface area contributed by atoms with Crippen molar-refractivity contribution >= 4 is 27.1 Å². The zero-order valence-electron chi connectivity index (χ0n) is 11.9. The first kappa shape index (κ1) is 14.3. The molecule has 0 aliphatic heterocycles. The van der Waals surface area contributed by atoms with Crippen molar-refractivity contribution < 1.29 is 8.42 Å². The van der Waals surface area contributed by atoms with Crippen molar-refractivity contribution in [1.29, 1.82) is 0 Å². The number of rotatable bonds is 4. The Morgan fingerprint density at radius 2 is 1.82 bits per heavy atom. The molecule has 0 bridgehead atoms. The Hall–Kier alpha value is -2.60. The average molecular weight is 313 g/mol. The number of aryl methyl sites for hydroxylation is 1. The van der Waals surface area contributed by atoms with Crippen LogP contribution in [0.4, 0.5) is 0 Å². The monoisotopic (exact) mass is 313 g/mol. The molecular weight excluding hydrogens is 298 g/mol. The Morgan fingerprint density at radius 1 is 1.09 bits per heavy atom. The van der Waals surface area contributed by atoms with Gasteiger partial charge in [0.15, 0.2) is 0 Å². The van der Waals surface area contributed by atoms with E-state index < -0.39 is 10.0 Å². The molecule has 0 fully saturated rings. The van der Waals surface area contributed by atoms with Gasteiger partial charge in [-0.3, -0.25) is 0 Å². The Kier molecular flexibility index (Phi) is 3.68. The number of hydrazone groups is 1. The van der Waals surface area contributed by atoms with Gasteiger partial charge in [-0.1, -0.05) is 36.4 Å². The maximum absolute atomic E-state index is 12.2. The van der Waals surface area contributed by atoms with Crippen LogP contribution in [-0.4, -0.2) is 19.6 Å². The summed E-state index contributed by atoms with van der Waals surface area (Å²) in [6.45, 7) is 1.75. The number of H-pyrrole nitrogens is 1. The zero-order valence-corrected chi connectivity index (χ0v) is 12.8. The number of aromatic amines is 1. The molecule has 0 saturated heterocycles. The minimum absolute atomic E-state index is 0.228. The summed E-state index contributed by atoms with van der Waals surface area (Å²) in [5.41, 5.74) is 2.48. The highest BCUT2D eigenvalue weighted by Gasteiger charge is 2.14. The van der Waals surface area contributed by atoms with Gasteiger partial charge in [0.1, 0.15) is 0 Å². The van der Waals surface area contributed by atoms with E-state index >= 15 is 0 Å². The van der Waals surface area contributed by atoms with E-state index in [1.165, 1.54) is 6.21 Å². The predicted octanol–water partition coefficient (Wildman–Crippen LogP) is 2.79. The van der Waals surface area contributed by atoms with E-state index in [2.05, 4.69) is 14.9 Å². The van der Waals surface area contributed by atoms with Crippen LogP contribution in [-0.2, 0) is 10.0 Å². The lowest BCUT2D eigenvalue weighted by Crippen LogP contribution is -2.19. The van der Waals surface area contributed by atoms with Crippen molar-refractivity contribution in [3.05, 3.63) is 65.9 Å². The molecule has 6 heteroatoms. The van der Waals surface area contributed by atoms with Crippen LogP contribution in [0.3, 0.4) is 0 Å². The number of nitrogens with zero attached hydrogens (tertiary/aromatic N) is 1. The van der Waals surface area contributed by atoms with Crippen LogP contribution < -0.4 is 4.83 Å². The van der Waals surface area contributed by atoms with Crippen molar-refractivity contribution in [2.24, 2.45) is 5.10 Å². The van der Waals surface area contributed by atoms with E-state index in [0.717, 1.165) is 16.5 Å². The zero-order chi connectivity index (χ0) is 15.6. The van der Waals surface area contributed by atoms with E-state index in [-0.39, 0.29) is 4.90 Å². The highest BCUT2D eigenvalue weighted by Crippen LogP contribution is 2.16. The average Bonchev–Trinajstić information content (AvgIpc) is 2.91. The second-order valence-corrected chi connectivity index (χ2v) is 6.54. The standard InChI is InChI=1S/C16H15N3O2S/c1-12-6-2-5-9-16(12)22(20,21)19-18-11-13-10-17-15-8-4-3-7-14(13)15/h2-11,17,19H,1H3. The Bertz CT molecular complexity index is 943. The normalized spacial score (nSPS) is 12.0. The molecule has 22 heavy (non-hydrogen) atoms. The van der Waals surface area contributed by atoms with Crippen molar-refractivity contribution in [3.8, 4) is 0 Å². The Balaban J connectivity index is 1.84. The third kappa shape index (κ3) is 2.73.